The van der Waals surface area contributed by atoms with Crippen LogP contribution in [0.5, 0.6) is 11.5 Å². The Balaban J connectivity index is 1.82. The molecule has 0 aromatic heterocycles. The number of nitrogens with zero attached hydrogens (tertiary/aromatic N) is 1. The Morgan fingerprint density at radius 2 is 1.45 bits per heavy atom. The van der Waals surface area contributed by atoms with Crippen LogP contribution >= 0.6 is 0 Å². The third-order valence-corrected chi connectivity index (χ3v) is 5.96. The molecule has 168 valence electrons. The highest BCUT2D eigenvalue weighted by Crippen LogP contribution is 2.31. The Morgan fingerprint density at radius 3 is 1.90 bits per heavy atom. The molecule has 3 atom stereocenters. The highest BCUT2D eigenvalue weighted by molar-refractivity contribution is 5.72. The largest absolute Gasteiger partial charge is 0.497 e. The molecule has 6 heteroatoms. The standard InChI is InChI=1S/C25H33NO5/c1-4-31-25(28)20-9-14-24(27)23(15-20)26(16-18-5-10-21(29-2)11-6-18)17-19-7-12-22(30-3)13-8-19/h5-8,10-13,20,23-24,27H,4,9,14-17H2,1-3H3/t20-,23+,24+/m1/s1. The number of esters is 1. The molecule has 31 heavy (non-hydrogen) atoms. The molecule has 2 aromatic carbocycles. The van der Waals surface area contributed by atoms with Crippen LogP contribution in [0.4, 0.5) is 0 Å². The molecule has 1 aliphatic rings. The molecular weight excluding hydrogens is 394 g/mol. The summed E-state index contributed by atoms with van der Waals surface area (Å²) in [6.07, 6.45) is 1.36. The van der Waals surface area contributed by atoms with Gasteiger partial charge >= 0.3 is 5.97 Å². The van der Waals surface area contributed by atoms with Gasteiger partial charge in [0.2, 0.25) is 0 Å². The first kappa shape index (κ1) is 23.1. The molecule has 1 aliphatic carbocycles. The fourth-order valence-corrected chi connectivity index (χ4v) is 4.22. The van der Waals surface area contributed by atoms with E-state index in [1.165, 1.54) is 0 Å². The van der Waals surface area contributed by atoms with Crippen molar-refractivity contribution in [1.29, 1.82) is 0 Å². The van der Waals surface area contributed by atoms with E-state index in [0.29, 0.717) is 39.0 Å². The van der Waals surface area contributed by atoms with Crippen molar-refractivity contribution < 1.29 is 24.1 Å². The number of aliphatic hydroxyl groups excluding tert-OH is 1. The predicted octanol–water partition coefficient (Wildman–Crippen LogP) is 3.80. The molecule has 0 radical (unpaired) electrons. The minimum atomic E-state index is -0.484. The zero-order valence-electron chi connectivity index (χ0n) is 18.6. The van der Waals surface area contributed by atoms with Gasteiger partial charge in [-0.15, -0.1) is 0 Å². The average molecular weight is 428 g/mol. The average Bonchev–Trinajstić information content (AvgIpc) is 2.80. The molecule has 1 N–H and O–H groups in total. The summed E-state index contributed by atoms with van der Waals surface area (Å²) in [7, 11) is 3.30. The van der Waals surface area contributed by atoms with Crippen LogP contribution in [-0.4, -0.2) is 48.9 Å². The Labute approximate surface area is 184 Å². The second-order valence-electron chi connectivity index (χ2n) is 8.00. The van der Waals surface area contributed by atoms with Crippen LogP contribution in [0.2, 0.25) is 0 Å². The van der Waals surface area contributed by atoms with Crippen molar-refractivity contribution >= 4 is 5.97 Å². The van der Waals surface area contributed by atoms with Gasteiger partial charge in [0.1, 0.15) is 11.5 Å². The molecule has 6 nitrogen and oxygen atoms in total. The van der Waals surface area contributed by atoms with Crippen LogP contribution in [0, 0.1) is 5.92 Å². The normalized spacial score (nSPS) is 21.0. The van der Waals surface area contributed by atoms with E-state index in [0.717, 1.165) is 22.6 Å². The molecule has 0 aliphatic heterocycles. The maximum absolute atomic E-state index is 12.4. The van der Waals surface area contributed by atoms with E-state index in [1.807, 2.05) is 55.5 Å². The number of carbonyl (C=O) groups excluding carboxylic acids is 1. The molecule has 0 saturated heterocycles. The van der Waals surface area contributed by atoms with Crippen LogP contribution in [0.1, 0.15) is 37.3 Å². The molecule has 0 unspecified atom stereocenters. The molecule has 0 bridgehead atoms. The second-order valence-corrected chi connectivity index (χ2v) is 8.00. The zero-order chi connectivity index (χ0) is 22.2. The minimum Gasteiger partial charge on any atom is -0.497 e. The molecule has 1 fully saturated rings. The fourth-order valence-electron chi connectivity index (χ4n) is 4.22. The molecule has 1 saturated carbocycles. The van der Waals surface area contributed by atoms with Crippen LogP contribution in [0.15, 0.2) is 48.5 Å². The van der Waals surface area contributed by atoms with Crippen molar-refractivity contribution in [2.24, 2.45) is 5.92 Å². The van der Waals surface area contributed by atoms with Crippen LogP contribution in [0.25, 0.3) is 0 Å². The van der Waals surface area contributed by atoms with Crippen LogP contribution < -0.4 is 9.47 Å². The smallest absolute Gasteiger partial charge is 0.308 e. The van der Waals surface area contributed by atoms with E-state index < -0.39 is 6.10 Å². The predicted molar refractivity (Wildman–Crippen MR) is 119 cm³/mol. The van der Waals surface area contributed by atoms with E-state index in [1.54, 1.807) is 14.2 Å². The first-order chi connectivity index (χ1) is 15.0. The van der Waals surface area contributed by atoms with Crippen molar-refractivity contribution in [3.8, 4) is 11.5 Å². The topological polar surface area (TPSA) is 68.2 Å². The summed E-state index contributed by atoms with van der Waals surface area (Å²) in [6, 6.07) is 15.8. The maximum atomic E-state index is 12.4. The number of hydrogen-bond donors (Lipinski definition) is 1. The number of carbonyl (C=O) groups is 1. The summed E-state index contributed by atoms with van der Waals surface area (Å²) in [4.78, 5) is 14.6. The maximum Gasteiger partial charge on any atom is 0.308 e. The van der Waals surface area contributed by atoms with Gasteiger partial charge in [0.25, 0.3) is 0 Å². The van der Waals surface area contributed by atoms with Gasteiger partial charge in [-0.05, 0) is 61.6 Å². The number of ether oxygens (including phenoxy) is 3. The Hall–Kier alpha value is -2.57. The van der Waals surface area contributed by atoms with Gasteiger partial charge in [-0.1, -0.05) is 24.3 Å². The lowest BCUT2D eigenvalue weighted by Crippen LogP contribution is -2.48. The van der Waals surface area contributed by atoms with Crippen LogP contribution in [0.3, 0.4) is 0 Å². The summed E-state index contributed by atoms with van der Waals surface area (Å²) in [5.74, 6) is 1.28. The number of hydrogen-bond acceptors (Lipinski definition) is 6. The van der Waals surface area contributed by atoms with E-state index >= 15 is 0 Å². The van der Waals surface area contributed by atoms with E-state index in [2.05, 4.69) is 4.90 Å². The molecular formula is C25H33NO5. The van der Waals surface area contributed by atoms with E-state index in [4.69, 9.17) is 14.2 Å². The van der Waals surface area contributed by atoms with Gasteiger partial charge in [0.05, 0.1) is 32.8 Å². The van der Waals surface area contributed by atoms with Crippen molar-refractivity contribution in [3.63, 3.8) is 0 Å². The van der Waals surface area contributed by atoms with Crippen LogP contribution in [-0.2, 0) is 22.6 Å². The quantitative estimate of drug-likeness (QED) is 0.614. The third-order valence-electron chi connectivity index (χ3n) is 5.96. The number of aliphatic hydroxyl groups is 1. The molecule has 2 aromatic rings. The molecule has 0 heterocycles. The first-order valence-electron chi connectivity index (χ1n) is 10.9. The number of rotatable bonds is 9. The highest BCUT2D eigenvalue weighted by atomic mass is 16.5. The van der Waals surface area contributed by atoms with Crippen molar-refractivity contribution in [2.45, 2.75) is 51.4 Å². The lowest BCUT2D eigenvalue weighted by molar-refractivity contribution is -0.151. The zero-order valence-corrected chi connectivity index (χ0v) is 18.6. The summed E-state index contributed by atoms with van der Waals surface area (Å²) >= 11 is 0. The van der Waals surface area contributed by atoms with E-state index in [-0.39, 0.29) is 17.9 Å². The second kappa shape index (κ2) is 11.2. The monoisotopic (exact) mass is 427 g/mol. The van der Waals surface area contributed by atoms with Gasteiger partial charge in [0, 0.05) is 19.1 Å². The SMILES string of the molecule is CCOC(=O)[C@@H]1CC[C@H](O)[C@@H](N(Cc2ccc(OC)cc2)Cc2ccc(OC)cc2)C1. The lowest BCUT2D eigenvalue weighted by atomic mass is 9.82. The van der Waals surface area contributed by atoms with Gasteiger partial charge in [-0.3, -0.25) is 9.69 Å². The van der Waals surface area contributed by atoms with Crippen molar-refractivity contribution in [3.05, 3.63) is 59.7 Å². The number of methoxy groups -OCH3 is 2. The van der Waals surface area contributed by atoms with Gasteiger partial charge in [0.15, 0.2) is 0 Å². The van der Waals surface area contributed by atoms with Crippen molar-refractivity contribution in [1.82, 2.24) is 4.90 Å². The Kier molecular flexibility index (Phi) is 8.32. The number of benzene rings is 2. The highest BCUT2D eigenvalue weighted by Gasteiger charge is 2.37. The lowest BCUT2D eigenvalue weighted by Gasteiger charge is -2.40. The molecule has 0 spiro atoms. The third kappa shape index (κ3) is 6.21. The Bertz CT molecular complexity index is 771. The van der Waals surface area contributed by atoms with Crippen molar-refractivity contribution in [2.75, 3.05) is 20.8 Å². The summed E-state index contributed by atoms with van der Waals surface area (Å²) in [5, 5.41) is 10.9. The first-order valence-corrected chi connectivity index (χ1v) is 10.9. The summed E-state index contributed by atoms with van der Waals surface area (Å²) in [5.41, 5.74) is 2.25. The van der Waals surface area contributed by atoms with Gasteiger partial charge < -0.3 is 19.3 Å². The molecule has 0 amide bonds. The fraction of sp³-hybridized carbons (Fsp3) is 0.480. The molecule has 3 rings (SSSR count). The van der Waals surface area contributed by atoms with Gasteiger partial charge in [-0.2, -0.15) is 0 Å². The van der Waals surface area contributed by atoms with Gasteiger partial charge in [-0.25, -0.2) is 0 Å². The van der Waals surface area contributed by atoms with E-state index in [9.17, 15) is 9.90 Å². The summed E-state index contributed by atoms with van der Waals surface area (Å²) in [6.45, 7) is 3.53. The minimum absolute atomic E-state index is 0.132. The summed E-state index contributed by atoms with van der Waals surface area (Å²) < 4.78 is 15.8. The Morgan fingerprint density at radius 1 is 0.935 bits per heavy atom.